The highest BCUT2D eigenvalue weighted by atomic mass is 16.1. The van der Waals surface area contributed by atoms with Crippen LogP contribution in [0.3, 0.4) is 0 Å². The zero-order valence-electron chi connectivity index (χ0n) is 9.92. The molecule has 0 saturated heterocycles. The van der Waals surface area contributed by atoms with Crippen molar-refractivity contribution in [2.75, 3.05) is 0 Å². The van der Waals surface area contributed by atoms with Crippen LogP contribution < -0.4 is 0 Å². The van der Waals surface area contributed by atoms with E-state index in [2.05, 4.69) is 20.4 Å². The number of rotatable bonds is 3. The minimum atomic E-state index is 0.0104. The summed E-state index contributed by atoms with van der Waals surface area (Å²) in [4.78, 5) is 11.9. The van der Waals surface area contributed by atoms with Gasteiger partial charge >= 0.3 is 0 Å². The Morgan fingerprint density at radius 3 is 2.47 bits per heavy atom. The van der Waals surface area contributed by atoms with E-state index in [-0.39, 0.29) is 11.7 Å². The standard InChI is InChI=1S/C14H20O/c1-5-11(6-2)14-10(4)12(7-3)8-9-13(14)15/h7-9,11,14H,4-6H2,1-3H3/b12-7-. The third-order valence-electron chi connectivity index (χ3n) is 3.31. The zero-order chi connectivity index (χ0) is 11.4. The second-order valence-electron chi connectivity index (χ2n) is 4.06. The lowest BCUT2D eigenvalue weighted by atomic mass is 9.75. The molecule has 1 atom stereocenters. The minimum absolute atomic E-state index is 0.0104. The molecule has 0 bridgehead atoms. The Bertz CT molecular complexity index is 316. The fourth-order valence-electron chi connectivity index (χ4n) is 2.29. The molecule has 0 aromatic rings. The van der Waals surface area contributed by atoms with Gasteiger partial charge in [-0.15, -0.1) is 0 Å². The van der Waals surface area contributed by atoms with Crippen molar-refractivity contribution in [3.05, 3.63) is 36.0 Å². The first-order valence-electron chi connectivity index (χ1n) is 5.73. The van der Waals surface area contributed by atoms with Crippen LogP contribution in [-0.2, 0) is 4.79 Å². The van der Waals surface area contributed by atoms with E-state index < -0.39 is 0 Å². The van der Waals surface area contributed by atoms with Gasteiger partial charge in [0.05, 0.1) is 0 Å². The van der Waals surface area contributed by atoms with Gasteiger partial charge in [-0.2, -0.15) is 0 Å². The molecule has 0 aromatic heterocycles. The molecular weight excluding hydrogens is 184 g/mol. The van der Waals surface area contributed by atoms with Crippen molar-refractivity contribution in [3.8, 4) is 0 Å². The third kappa shape index (κ3) is 2.28. The van der Waals surface area contributed by atoms with Crippen LogP contribution in [0, 0.1) is 11.8 Å². The highest BCUT2D eigenvalue weighted by Crippen LogP contribution is 2.34. The van der Waals surface area contributed by atoms with E-state index in [1.807, 2.05) is 19.1 Å². The Hall–Kier alpha value is -1.11. The summed E-state index contributed by atoms with van der Waals surface area (Å²) in [6.45, 7) is 10.3. The monoisotopic (exact) mass is 204 g/mol. The van der Waals surface area contributed by atoms with E-state index >= 15 is 0 Å². The highest BCUT2D eigenvalue weighted by Gasteiger charge is 2.30. The van der Waals surface area contributed by atoms with E-state index in [9.17, 15) is 4.79 Å². The Balaban J connectivity index is 3.02. The van der Waals surface area contributed by atoms with Crippen molar-refractivity contribution in [1.29, 1.82) is 0 Å². The average Bonchev–Trinajstić information content (AvgIpc) is 2.24. The molecule has 1 unspecified atom stereocenters. The smallest absolute Gasteiger partial charge is 0.163 e. The second kappa shape index (κ2) is 5.11. The lowest BCUT2D eigenvalue weighted by molar-refractivity contribution is -0.118. The van der Waals surface area contributed by atoms with Gasteiger partial charge < -0.3 is 0 Å². The first-order chi connectivity index (χ1) is 7.15. The summed E-state index contributed by atoms with van der Waals surface area (Å²) in [5.41, 5.74) is 2.12. The highest BCUT2D eigenvalue weighted by molar-refractivity contribution is 5.97. The van der Waals surface area contributed by atoms with E-state index in [4.69, 9.17) is 0 Å². The third-order valence-corrected chi connectivity index (χ3v) is 3.31. The predicted octanol–water partition coefficient (Wildman–Crippen LogP) is 3.68. The van der Waals surface area contributed by atoms with Gasteiger partial charge in [0.15, 0.2) is 5.78 Å². The van der Waals surface area contributed by atoms with Crippen LogP contribution in [0.25, 0.3) is 0 Å². The van der Waals surface area contributed by atoms with Gasteiger partial charge in [-0.3, -0.25) is 4.79 Å². The number of hydrogen-bond donors (Lipinski definition) is 0. The SMILES string of the molecule is C=C1/C(=C\C)C=CC(=O)C1C(CC)CC. The molecule has 0 aromatic carbocycles. The number of allylic oxidation sites excluding steroid dienone is 5. The molecule has 0 N–H and O–H groups in total. The molecule has 1 aliphatic carbocycles. The van der Waals surface area contributed by atoms with Crippen molar-refractivity contribution in [3.63, 3.8) is 0 Å². The van der Waals surface area contributed by atoms with Crippen molar-refractivity contribution in [2.45, 2.75) is 33.6 Å². The summed E-state index contributed by atoms with van der Waals surface area (Å²) in [5.74, 6) is 0.667. The van der Waals surface area contributed by atoms with Gasteiger partial charge in [-0.1, -0.05) is 45.4 Å². The van der Waals surface area contributed by atoms with Crippen LogP contribution in [0.4, 0.5) is 0 Å². The van der Waals surface area contributed by atoms with E-state index in [0.29, 0.717) is 5.92 Å². The summed E-state index contributed by atoms with van der Waals surface area (Å²) in [5, 5.41) is 0. The molecule has 82 valence electrons. The Morgan fingerprint density at radius 1 is 1.40 bits per heavy atom. The van der Waals surface area contributed by atoms with Crippen molar-refractivity contribution >= 4 is 5.78 Å². The van der Waals surface area contributed by atoms with Crippen LogP contribution in [0.15, 0.2) is 36.0 Å². The Labute approximate surface area is 92.6 Å². The number of ketones is 1. The molecule has 1 aliphatic rings. The van der Waals surface area contributed by atoms with E-state index in [0.717, 1.165) is 24.0 Å². The maximum absolute atomic E-state index is 11.9. The lowest BCUT2D eigenvalue weighted by Gasteiger charge is -2.28. The van der Waals surface area contributed by atoms with Gasteiger partial charge in [0.1, 0.15) is 0 Å². The van der Waals surface area contributed by atoms with Gasteiger partial charge in [-0.05, 0) is 30.1 Å². The fraction of sp³-hybridized carbons (Fsp3) is 0.500. The molecule has 0 fully saturated rings. The molecule has 1 rings (SSSR count). The van der Waals surface area contributed by atoms with Crippen LogP contribution in [0.1, 0.15) is 33.6 Å². The first kappa shape index (κ1) is 12.0. The predicted molar refractivity (Wildman–Crippen MR) is 64.6 cm³/mol. The summed E-state index contributed by atoms with van der Waals surface area (Å²) in [7, 11) is 0. The number of hydrogen-bond acceptors (Lipinski definition) is 1. The Kier molecular flexibility index (Phi) is 4.07. The van der Waals surface area contributed by atoms with E-state index in [1.165, 1.54) is 0 Å². The van der Waals surface area contributed by atoms with Crippen molar-refractivity contribution in [1.82, 2.24) is 0 Å². The summed E-state index contributed by atoms with van der Waals surface area (Å²) >= 11 is 0. The number of carbonyl (C=O) groups excluding carboxylic acids is 1. The van der Waals surface area contributed by atoms with Crippen LogP contribution in [-0.4, -0.2) is 5.78 Å². The molecule has 0 amide bonds. The molecule has 0 heterocycles. The zero-order valence-corrected chi connectivity index (χ0v) is 9.92. The molecule has 0 spiro atoms. The van der Waals surface area contributed by atoms with Crippen LogP contribution in [0.5, 0.6) is 0 Å². The molecule has 0 radical (unpaired) electrons. The molecule has 0 aliphatic heterocycles. The van der Waals surface area contributed by atoms with Crippen LogP contribution >= 0.6 is 0 Å². The maximum atomic E-state index is 11.9. The summed E-state index contributed by atoms with van der Waals surface area (Å²) in [6, 6.07) is 0. The lowest BCUT2D eigenvalue weighted by Crippen LogP contribution is -2.26. The fourth-order valence-corrected chi connectivity index (χ4v) is 2.29. The molecule has 15 heavy (non-hydrogen) atoms. The summed E-state index contributed by atoms with van der Waals surface area (Å²) in [6.07, 6.45) is 7.69. The van der Waals surface area contributed by atoms with Gasteiger partial charge in [-0.25, -0.2) is 0 Å². The van der Waals surface area contributed by atoms with Gasteiger partial charge in [0, 0.05) is 5.92 Å². The second-order valence-corrected chi connectivity index (χ2v) is 4.06. The molecule has 1 nitrogen and oxygen atoms in total. The normalized spacial score (nSPS) is 24.3. The van der Waals surface area contributed by atoms with Gasteiger partial charge in [0.2, 0.25) is 0 Å². The molecule has 1 heteroatoms. The molecular formula is C14H20O. The number of carbonyl (C=O) groups is 1. The topological polar surface area (TPSA) is 17.1 Å². The quantitative estimate of drug-likeness (QED) is 0.685. The largest absolute Gasteiger partial charge is 0.294 e. The maximum Gasteiger partial charge on any atom is 0.163 e. The summed E-state index contributed by atoms with van der Waals surface area (Å²) < 4.78 is 0. The van der Waals surface area contributed by atoms with Crippen molar-refractivity contribution in [2.24, 2.45) is 11.8 Å². The van der Waals surface area contributed by atoms with E-state index in [1.54, 1.807) is 6.08 Å². The van der Waals surface area contributed by atoms with Crippen LogP contribution in [0.2, 0.25) is 0 Å². The van der Waals surface area contributed by atoms with Crippen molar-refractivity contribution < 1.29 is 4.79 Å². The first-order valence-corrected chi connectivity index (χ1v) is 5.73. The Morgan fingerprint density at radius 2 is 2.00 bits per heavy atom. The molecule has 0 saturated carbocycles. The minimum Gasteiger partial charge on any atom is -0.294 e. The average molecular weight is 204 g/mol. The van der Waals surface area contributed by atoms with Gasteiger partial charge in [0.25, 0.3) is 0 Å².